The number of likely N-dealkylation sites (N-methyl/N-ethyl adjacent to an activating group) is 1. The van der Waals surface area contributed by atoms with E-state index in [1.165, 1.54) is 0 Å². The molecule has 0 radical (unpaired) electrons. The van der Waals surface area contributed by atoms with Gasteiger partial charge in [0.2, 0.25) is 11.8 Å². The number of piperidine rings is 1. The van der Waals surface area contributed by atoms with Crippen LogP contribution in [0.4, 0.5) is 0 Å². The van der Waals surface area contributed by atoms with Gasteiger partial charge in [-0.1, -0.05) is 30.3 Å². The van der Waals surface area contributed by atoms with Crippen LogP contribution >= 0.6 is 11.3 Å². The van der Waals surface area contributed by atoms with E-state index < -0.39 is 5.97 Å². The van der Waals surface area contributed by atoms with Crippen LogP contribution in [-0.2, 0) is 29.2 Å². The Hall–Kier alpha value is -4.93. The highest BCUT2D eigenvalue weighted by molar-refractivity contribution is 7.15. The lowest BCUT2D eigenvalue weighted by Crippen LogP contribution is -2.37. The molecule has 0 aliphatic carbocycles. The molecule has 0 bridgehead atoms. The first kappa shape index (κ1) is 34.5. The summed E-state index contributed by atoms with van der Waals surface area (Å²) in [6, 6.07) is 18.4. The molecule has 5 aromatic rings. The summed E-state index contributed by atoms with van der Waals surface area (Å²) in [6.45, 7) is 7.96. The third-order valence-electron chi connectivity index (χ3n) is 10.1. The van der Waals surface area contributed by atoms with Crippen molar-refractivity contribution in [2.24, 2.45) is 5.92 Å². The van der Waals surface area contributed by atoms with Gasteiger partial charge in [-0.3, -0.25) is 19.4 Å². The summed E-state index contributed by atoms with van der Waals surface area (Å²) in [5.41, 5.74) is 9.52. The van der Waals surface area contributed by atoms with Crippen molar-refractivity contribution in [3.05, 3.63) is 81.4 Å². The van der Waals surface area contributed by atoms with Gasteiger partial charge in [-0.25, -0.2) is 9.97 Å². The Balaban J connectivity index is 1.13. The number of hydrogen-bond donors (Lipinski definition) is 2. The molecule has 1 amide bonds. The number of hydrogen-bond acceptors (Lipinski definition) is 10. The minimum Gasteiger partial charge on any atom is -0.481 e. The number of nitrogens with zero attached hydrogens (tertiary/aromatic N) is 6. The summed E-state index contributed by atoms with van der Waals surface area (Å²) in [4.78, 5) is 41.0. The van der Waals surface area contributed by atoms with Gasteiger partial charge in [0.1, 0.15) is 16.6 Å². The lowest BCUT2D eigenvalue weighted by molar-refractivity contribution is -0.143. The average Bonchev–Trinajstić information content (AvgIpc) is 3.83. The summed E-state index contributed by atoms with van der Waals surface area (Å²) in [5.74, 6) is -0.544. The van der Waals surface area contributed by atoms with Crippen molar-refractivity contribution >= 4 is 34.3 Å². The van der Waals surface area contributed by atoms with Gasteiger partial charge in [-0.2, -0.15) is 5.26 Å². The van der Waals surface area contributed by atoms with Gasteiger partial charge < -0.3 is 19.5 Å². The molecule has 2 N–H and O–H groups in total. The summed E-state index contributed by atoms with van der Waals surface area (Å²) < 4.78 is 6.29. The fourth-order valence-electron chi connectivity index (χ4n) is 7.21. The molecule has 12 heteroatoms. The van der Waals surface area contributed by atoms with Gasteiger partial charge in [0.15, 0.2) is 5.58 Å². The van der Waals surface area contributed by atoms with E-state index in [9.17, 15) is 20.0 Å². The van der Waals surface area contributed by atoms with E-state index in [1.807, 2.05) is 47.2 Å². The summed E-state index contributed by atoms with van der Waals surface area (Å²) in [5, 5.41) is 29.5. The number of rotatable bonds is 10. The van der Waals surface area contributed by atoms with Gasteiger partial charge in [0.05, 0.1) is 43.4 Å². The third-order valence-corrected chi connectivity index (χ3v) is 11.2. The number of carboxylic acids is 1. The molecule has 4 heterocycles. The van der Waals surface area contributed by atoms with E-state index in [0.29, 0.717) is 74.7 Å². The Bertz CT molecular complexity index is 2150. The van der Waals surface area contributed by atoms with Crippen LogP contribution < -0.4 is 0 Å². The van der Waals surface area contributed by atoms with Gasteiger partial charge in [-0.15, -0.1) is 11.3 Å². The maximum Gasteiger partial charge on any atom is 0.306 e. The van der Waals surface area contributed by atoms with E-state index in [2.05, 4.69) is 43.0 Å². The number of aliphatic carboxylic acids is 1. The molecule has 0 atom stereocenters. The van der Waals surface area contributed by atoms with Crippen molar-refractivity contribution in [1.29, 1.82) is 5.26 Å². The lowest BCUT2D eigenvalue weighted by atomic mass is 9.91. The third kappa shape index (κ3) is 6.90. The van der Waals surface area contributed by atoms with Crippen LogP contribution in [0.1, 0.15) is 45.7 Å². The first-order valence-corrected chi connectivity index (χ1v) is 18.0. The highest BCUT2D eigenvalue weighted by atomic mass is 32.1. The Morgan fingerprint density at radius 3 is 2.37 bits per heavy atom. The average molecular weight is 705 g/mol. The molecule has 7 rings (SSSR count). The molecule has 1 saturated heterocycles. The Morgan fingerprint density at radius 1 is 1.02 bits per heavy atom. The van der Waals surface area contributed by atoms with Gasteiger partial charge >= 0.3 is 5.97 Å². The second-order valence-corrected chi connectivity index (χ2v) is 14.7. The predicted molar refractivity (Wildman–Crippen MR) is 195 cm³/mol. The van der Waals surface area contributed by atoms with Crippen molar-refractivity contribution in [1.82, 2.24) is 24.7 Å². The van der Waals surface area contributed by atoms with Crippen molar-refractivity contribution in [2.45, 2.75) is 46.3 Å². The van der Waals surface area contributed by atoms with Crippen LogP contribution in [0.3, 0.4) is 0 Å². The molecule has 2 aromatic heterocycles. The Kier molecular flexibility index (Phi) is 9.72. The quantitative estimate of drug-likeness (QED) is 0.182. The molecule has 1 fully saturated rings. The van der Waals surface area contributed by atoms with E-state index in [4.69, 9.17) is 19.5 Å². The molecular weight excluding hydrogens is 665 g/mol. The Labute approximate surface area is 300 Å². The van der Waals surface area contributed by atoms with Gasteiger partial charge in [0, 0.05) is 29.1 Å². The summed E-state index contributed by atoms with van der Waals surface area (Å²) >= 11 is 1.63. The molecular formula is C39H40N6O5S. The number of thiazole rings is 1. The van der Waals surface area contributed by atoms with E-state index in [0.717, 1.165) is 54.5 Å². The first-order valence-electron chi connectivity index (χ1n) is 17.2. The second kappa shape index (κ2) is 14.4. The monoisotopic (exact) mass is 704 g/mol. The van der Waals surface area contributed by atoms with Crippen molar-refractivity contribution in [2.75, 3.05) is 39.8 Å². The fraction of sp³-hybridized carbons (Fsp3) is 0.359. The second-order valence-electron chi connectivity index (χ2n) is 13.6. The number of likely N-dealkylation sites (tertiary alicyclic amines) is 1. The number of carbonyl (C=O) groups excluding carboxylic acids is 1. The number of amides is 1. The van der Waals surface area contributed by atoms with Gasteiger partial charge in [-0.05, 0) is 92.8 Å². The molecule has 2 aliphatic rings. The molecule has 2 aliphatic heterocycles. The van der Waals surface area contributed by atoms with Crippen LogP contribution in [-0.4, -0.2) is 86.6 Å². The minimum absolute atomic E-state index is 0.0191. The molecule has 3 aromatic carbocycles. The van der Waals surface area contributed by atoms with Crippen LogP contribution in [0.5, 0.6) is 0 Å². The number of carboxylic acid groups (broad SMARTS) is 1. The number of nitriles is 1. The zero-order valence-electron chi connectivity index (χ0n) is 29.0. The summed E-state index contributed by atoms with van der Waals surface area (Å²) in [6.07, 6.45) is 1.24. The fourth-order valence-corrected chi connectivity index (χ4v) is 8.38. The van der Waals surface area contributed by atoms with E-state index in [-0.39, 0.29) is 25.0 Å². The SMILES string of the molecule is Cc1c(-c2nc3cc(CN4CCC(C(=O)O)CC4)cc(C#N)c3o2)cccc1-c1cccc(-c2nc3c(s2)CN(C(=O)CN(C)CCO)C3)c1C. The number of fused-ring (bicyclic) bond motifs is 2. The topological polar surface area (TPSA) is 147 Å². The van der Waals surface area contributed by atoms with Crippen LogP contribution in [0, 0.1) is 31.1 Å². The van der Waals surface area contributed by atoms with Crippen molar-refractivity contribution < 1.29 is 24.2 Å². The number of oxazole rings is 1. The van der Waals surface area contributed by atoms with Crippen molar-refractivity contribution in [3.8, 4) is 39.2 Å². The molecule has 0 spiro atoms. The summed E-state index contributed by atoms with van der Waals surface area (Å²) in [7, 11) is 1.83. The largest absolute Gasteiger partial charge is 0.481 e. The highest BCUT2D eigenvalue weighted by Crippen LogP contribution is 2.40. The lowest BCUT2D eigenvalue weighted by Gasteiger charge is -2.30. The molecule has 0 saturated carbocycles. The predicted octanol–water partition coefficient (Wildman–Crippen LogP) is 5.84. The van der Waals surface area contributed by atoms with Crippen LogP contribution in [0.25, 0.3) is 44.3 Å². The first-order chi connectivity index (χ1) is 24.6. The number of aromatic nitrogens is 2. The number of aliphatic hydroxyl groups is 1. The highest BCUT2D eigenvalue weighted by Gasteiger charge is 2.29. The van der Waals surface area contributed by atoms with E-state index in [1.54, 1.807) is 11.3 Å². The Morgan fingerprint density at radius 2 is 1.71 bits per heavy atom. The molecule has 11 nitrogen and oxygen atoms in total. The molecule has 51 heavy (non-hydrogen) atoms. The van der Waals surface area contributed by atoms with Crippen LogP contribution in [0.15, 0.2) is 52.9 Å². The minimum atomic E-state index is -0.731. The number of aliphatic hydroxyl groups excluding tert-OH is 1. The smallest absolute Gasteiger partial charge is 0.306 e. The van der Waals surface area contributed by atoms with Crippen molar-refractivity contribution in [3.63, 3.8) is 0 Å². The van der Waals surface area contributed by atoms with Gasteiger partial charge in [0.25, 0.3) is 0 Å². The zero-order chi connectivity index (χ0) is 35.8. The number of carbonyl (C=O) groups is 2. The molecule has 262 valence electrons. The standard InChI is InChI=1S/C39H40N6O5S/c1-23-28(29-7-5-9-31(24(29)2)38-42-33-20-45(21-34(33)51-38)35(47)22-43(3)14-15-46)6-4-8-30(23)37-41-32-17-25(16-27(18-40)36(32)50-37)19-44-12-10-26(11-13-44)39(48)49/h4-9,16-17,26,46H,10-15,19-22H2,1-3H3,(H,48,49). The molecule has 0 unspecified atom stereocenters. The zero-order valence-corrected chi connectivity index (χ0v) is 29.8. The number of benzene rings is 3. The maximum absolute atomic E-state index is 12.8. The normalized spacial score (nSPS) is 15.1. The maximum atomic E-state index is 12.8. The van der Waals surface area contributed by atoms with Crippen LogP contribution in [0.2, 0.25) is 0 Å². The van der Waals surface area contributed by atoms with E-state index >= 15 is 0 Å².